The zero-order valence-corrected chi connectivity index (χ0v) is 14.7. The number of hydrogen-bond donors (Lipinski definition) is 1. The highest BCUT2D eigenvalue weighted by molar-refractivity contribution is 5.15. The van der Waals surface area contributed by atoms with Crippen LogP contribution < -0.4 is 5.32 Å². The molecule has 132 valence electrons. The normalized spacial score (nSPS) is 31.4. The number of morpholine rings is 1. The molecule has 1 aromatic carbocycles. The van der Waals surface area contributed by atoms with Gasteiger partial charge in [0, 0.05) is 51.9 Å². The van der Waals surface area contributed by atoms with Crippen molar-refractivity contribution in [1.29, 1.82) is 0 Å². The van der Waals surface area contributed by atoms with E-state index < -0.39 is 0 Å². The highest BCUT2D eigenvalue weighted by Crippen LogP contribution is 2.38. The fourth-order valence-corrected chi connectivity index (χ4v) is 4.81. The van der Waals surface area contributed by atoms with Crippen molar-refractivity contribution in [2.75, 3.05) is 52.5 Å². The first-order valence-corrected chi connectivity index (χ1v) is 9.68. The topological polar surface area (TPSA) is 27.7 Å². The highest BCUT2D eigenvalue weighted by atomic mass is 16.5. The molecular weight excluding hydrogens is 298 g/mol. The monoisotopic (exact) mass is 329 g/mol. The number of nitrogens with zero attached hydrogens (tertiary/aromatic N) is 2. The molecule has 0 radical (unpaired) electrons. The Morgan fingerprint density at radius 3 is 2.67 bits per heavy atom. The zero-order valence-electron chi connectivity index (χ0n) is 14.7. The lowest BCUT2D eigenvalue weighted by Gasteiger charge is -2.28. The molecule has 2 saturated heterocycles. The molecule has 4 nitrogen and oxygen atoms in total. The predicted octanol–water partition coefficient (Wildman–Crippen LogP) is 1.82. The number of benzene rings is 1. The van der Waals surface area contributed by atoms with Crippen molar-refractivity contribution in [2.24, 2.45) is 11.8 Å². The van der Waals surface area contributed by atoms with Gasteiger partial charge in [-0.2, -0.15) is 0 Å². The molecule has 0 bridgehead atoms. The van der Waals surface area contributed by atoms with E-state index in [1.54, 1.807) is 0 Å². The first-order chi connectivity index (χ1) is 11.9. The maximum Gasteiger partial charge on any atom is 0.0594 e. The van der Waals surface area contributed by atoms with Gasteiger partial charge < -0.3 is 10.1 Å². The summed E-state index contributed by atoms with van der Waals surface area (Å²) in [5.74, 6) is 1.77. The molecule has 3 fully saturated rings. The van der Waals surface area contributed by atoms with E-state index >= 15 is 0 Å². The standard InChI is InChI=1S/C20H31N3O/c1-2-4-17(5-3-1)14-23-15-18-6-7-20(19(18)16-23)21-8-9-22-10-12-24-13-11-22/h1-5,18-21H,6-16H2/t18-,19+,20-/m0/s1. The lowest BCUT2D eigenvalue weighted by atomic mass is 9.98. The molecule has 0 unspecified atom stereocenters. The van der Waals surface area contributed by atoms with Gasteiger partial charge in [0.15, 0.2) is 0 Å². The maximum atomic E-state index is 5.43. The van der Waals surface area contributed by atoms with Gasteiger partial charge in [-0.25, -0.2) is 0 Å². The molecule has 3 aliphatic rings. The van der Waals surface area contributed by atoms with Crippen LogP contribution in [0.1, 0.15) is 18.4 Å². The largest absolute Gasteiger partial charge is 0.379 e. The molecule has 4 rings (SSSR count). The molecule has 1 aliphatic carbocycles. The van der Waals surface area contributed by atoms with Crippen LogP contribution in [0.15, 0.2) is 30.3 Å². The SMILES string of the molecule is c1ccc(CN2C[C@@H]3CC[C@H](NCCN4CCOCC4)[C@@H]3C2)cc1. The Hall–Kier alpha value is -0.940. The van der Waals surface area contributed by atoms with E-state index in [1.165, 1.54) is 38.0 Å². The van der Waals surface area contributed by atoms with Crippen LogP contribution in [0.2, 0.25) is 0 Å². The minimum Gasteiger partial charge on any atom is -0.379 e. The number of hydrogen-bond acceptors (Lipinski definition) is 4. The summed E-state index contributed by atoms with van der Waals surface area (Å²) in [7, 11) is 0. The number of rotatable bonds is 6. The van der Waals surface area contributed by atoms with Crippen LogP contribution in [0, 0.1) is 11.8 Å². The van der Waals surface area contributed by atoms with Crippen molar-refractivity contribution < 1.29 is 4.74 Å². The first-order valence-electron chi connectivity index (χ1n) is 9.68. The Balaban J connectivity index is 1.22. The van der Waals surface area contributed by atoms with Gasteiger partial charge in [-0.05, 0) is 30.2 Å². The van der Waals surface area contributed by atoms with Crippen molar-refractivity contribution in [3.63, 3.8) is 0 Å². The predicted molar refractivity (Wildman–Crippen MR) is 97.0 cm³/mol. The quantitative estimate of drug-likeness (QED) is 0.862. The molecule has 0 spiro atoms. The smallest absolute Gasteiger partial charge is 0.0594 e. The zero-order chi connectivity index (χ0) is 16.2. The van der Waals surface area contributed by atoms with E-state index in [1.807, 2.05) is 0 Å². The number of nitrogens with one attached hydrogen (secondary N) is 1. The van der Waals surface area contributed by atoms with Gasteiger partial charge >= 0.3 is 0 Å². The third kappa shape index (κ3) is 3.99. The number of likely N-dealkylation sites (tertiary alicyclic amines) is 1. The van der Waals surface area contributed by atoms with Crippen LogP contribution >= 0.6 is 0 Å². The lowest BCUT2D eigenvalue weighted by molar-refractivity contribution is 0.0379. The van der Waals surface area contributed by atoms with Crippen LogP contribution in [0.5, 0.6) is 0 Å². The summed E-state index contributed by atoms with van der Waals surface area (Å²) in [5.41, 5.74) is 1.45. The van der Waals surface area contributed by atoms with Crippen LogP contribution in [-0.4, -0.2) is 68.3 Å². The second-order valence-electron chi connectivity index (χ2n) is 7.70. The molecule has 1 saturated carbocycles. The minimum absolute atomic E-state index is 0.733. The van der Waals surface area contributed by atoms with Crippen LogP contribution in [0.25, 0.3) is 0 Å². The molecule has 2 aliphatic heterocycles. The highest BCUT2D eigenvalue weighted by Gasteiger charge is 2.42. The van der Waals surface area contributed by atoms with Crippen LogP contribution in [-0.2, 0) is 11.3 Å². The van der Waals surface area contributed by atoms with Crippen molar-refractivity contribution in [2.45, 2.75) is 25.4 Å². The van der Waals surface area contributed by atoms with E-state index in [9.17, 15) is 0 Å². The number of ether oxygens (including phenoxy) is 1. The van der Waals surface area contributed by atoms with E-state index in [-0.39, 0.29) is 0 Å². The van der Waals surface area contributed by atoms with Gasteiger partial charge in [0.2, 0.25) is 0 Å². The van der Waals surface area contributed by atoms with E-state index in [0.717, 1.165) is 57.3 Å². The Bertz CT molecular complexity index is 503. The average Bonchev–Trinajstić information content (AvgIpc) is 3.18. The Kier molecular flexibility index (Phi) is 5.48. The average molecular weight is 329 g/mol. The second kappa shape index (κ2) is 7.96. The van der Waals surface area contributed by atoms with Gasteiger partial charge in [0.1, 0.15) is 0 Å². The van der Waals surface area contributed by atoms with Crippen molar-refractivity contribution >= 4 is 0 Å². The van der Waals surface area contributed by atoms with Crippen molar-refractivity contribution in [3.8, 4) is 0 Å². The molecule has 2 heterocycles. The Morgan fingerprint density at radius 1 is 1.00 bits per heavy atom. The van der Waals surface area contributed by atoms with Gasteiger partial charge in [-0.3, -0.25) is 9.80 Å². The molecule has 0 aromatic heterocycles. The summed E-state index contributed by atoms with van der Waals surface area (Å²) in [6.07, 6.45) is 2.78. The van der Waals surface area contributed by atoms with E-state index in [4.69, 9.17) is 4.74 Å². The molecule has 3 atom stereocenters. The molecule has 24 heavy (non-hydrogen) atoms. The third-order valence-electron chi connectivity index (χ3n) is 6.12. The van der Waals surface area contributed by atoms with Crippen LogP contribution in [0.3, 0.4) is 0 Å². The van der Waals surface area contributed by atoms with Crippen molar-refractivity contribution in [1.82, 2.24) is 15.1 Å². The fraction of sp³-hybridized carbons (Fsp3) is 0.700. The van der Waals surface area contributed by atoms with Gasteiger partial charge in [0.05, 0.1) is 13.2 Å². The third-order valence-corrected chi connectivity index (χ3v) is 6.12. The summed E-state index contributed by atoms with van der Waals surface area (Å²) in [6, 6.07) is 11.7. The summed E-state index contributed by atoms with van der Waals surface area (Å²) in [5, 5.41) is 3.88. The fourth-order valence-electron chi connectivity index (χ4n) is 4.81. The van der Waals surface area contributed by atoms with Gasteiger partial charge in [-0.15, -0.1) is 0 Å². The molecule has 1 aromatic rings. The minimum atomic E-state index is 0.733. The van der Waals surface area contributed by atoms with E-state index in [2.05, 4.69) is 45.4 Å². The van der Waals surface area contributed by atoms with Crippen molar-refractivity contribution in [3.05, 3.63) is 35.9 Å². The van der Waals surface area contributed by atoms with E-state index in [0.29, 0.717) is 0 Å². The number of fused-ring (bicyclic) bond motifs is 1. The molecule has 4 heteroatoms. The first kappa shape index (κ1) is 16.5. The Morgan fingerprint density at radius 2 is 1.83 bits per heavy atom. The summed E-state index contributed by atoms with van der Waals surface area (Å²) >= 11 is 0. The van der Waals surface area contributed by atoms with Gasteiger partial charge in [-0.1, -0.05) is 30.3 Å². The molecule has 1 N–H and O–H groups in total. The Labute approximate surface area is 146 Å². The lowest BCUT2D eigenvalue weighted by Crippen LogP contribution is -2.43. The molecule has 0 amide bonds. The summed E-state index contributed by atoms with van der Waals surface area (Å²) < 4.78 is 5.43. The van der Waals surface area contributed by atoms with Crippen LogP contribution in [0.4, 0.5) is 0 Å². The maximum absolute atomic E-state index is 5.43. The second-order valence-corrected chi connectivity index (χ2v) is 7.70. The molecular formula is C20H31N3O. The summed E-state index contributed by atoms with van der Waals surface area (Å²) in [6.45, 7) is 10.00. The summed E-state index contributed by atoms with van der Waals surface area (Å²) in [4.78, 5) is 5.19. The van der Waals surface area contributed by atoms with Gasteiger partial charge in [0.25, 0.3) is 0 Å².